The third kappa shape index (κ3) is 5.60. The fraction of sp³-hybridized carbons (Fsp3) is 0.611. The number of halogens is 6. The highest BCUT2D eigenvalue weighted by molar-refractivity contribution is 5.94. The fourth-order valence-corrected chi connectivity index (χ4v) is 3.78. The molecule has 0 aliphatic carbocycles. The standard InChI is InChI=1S/C18H22F6N2O/c1-15(2)8-13(9-16(3,4)26-15)25-14(27)10-5-11(17(19,20)21)7-12(6-10)18(22,23)24/h5-7,13,26H,8-9H2,1-4H3,(H,25,27). The second-order valence-corrected chi connectivity index (χ2v) is 8.27. The molecule has 1 aromatic rings. The van der Waals surface area contributed by atoms with Crippen LogP contribution in [0.3, 0.4) is 0 Å². The lowest BCUT2D eigenvalue weighted by Crippen LogP contribution is -2.62. The first-order valence-electron chi connectivity index (χ1n) is 8.38. The number of nitrogens with one attached hydrogen (secondary N) is 2. The quantitative estimate of drug-likeness (QED) is 0.708. The maximum atomic E-state index is 13.0. The Kier molecular flexibility index (Phi) is 5.33. The van der Waals surface area contributed by atoms with Crippen LogP contribution in [0.15, 0.2) is 18.2 Å². The van der Waals surface area contributed by atoms with E-state index in [1.165, 1.54) is 0 Å². The number of carbonyl (C=O) groups excluding carboxylic acids is 1. The molecule has 9 heteroatoms. The Morgan fingerprint density at radius 1 is 0.926 bits per heavy atom. The predicted molar refractivity (Wildman–Crippen MR) is 88.2 cm³/mol. The van der Waals surface area contributed by atoms with E-state index in [0.717, 1.165) is 0 Å². The van der Waals surface area contributed by atoms with Crippen molar-refractivity contribution in [3.63, 3.8) is 0 Å². The minimum absolute atomic E-state index is 0.00747. The zero-order valence-corrected chi connectivity index (χ0v) is 15.4. The van der Waals surface area contributed by atoms with E-state index in [1.807, 2.05) is 27.7 Å². The molecule has 0 spiro atoms. The summed E-state index contributed by atoms with van der Waals surface area (Å²) >= 11 is 0. The number of amides is 1. The minimum Gasteiger partial charge on any atom is -0.349 e. The Hall–Kier alpha value is -1.77. The molecule has 0 radical (unpaired) electrons. The van der Waals surface area contributed by atoms with Gasteiger partial charge in [0.2, 0.25) is 0 Å². The van der Waals surface area contributed by atoms with Crippen molar-refractivity contribution >= 4 is 5.91 Å². The molecule has 0 unspecified atom stereocenters. The van der Waals surface area contributed by atoms with Crippen molar-refractivity contribution < 1.29 is 31.1 Å². The zero-order chi connectivity index (χ0) is 20.8. The average Bonchev–Trinajstić information content (AvgIpc) is 2.41. The summed E-state index contributed by atoms with van der Waals surface area (Å²) in [4.78, 5) is 12.4. The first-order chi connectivity index (χ1) is 12.0. The van der Waals surface area contributed by atoms with E-state index in [9.17, 15) is 31.1 Å². The van der Waals surface area contributed by atoms with Crippen LogP contribution in [0.4, 0.5) is 26.3 Å². The third-order valence-corrected chi connectivity index (χ3v) is 4.38. The van der Waals surface area contributed by atoms with Gasteiger partial charge in [-0.2, -0.15) is 26.3 Å². The van der Waals surface area contributed by atoms with E-state index < -0.39 is 35.0 Å². The second-order valence-electron chi connectivity index (χ2n) is 8.27. The molecule has 1 amide bonds. The molecule has 0 saturated carbocycles. The Balaban J connectivity index is 2.33. The molecular formula is C18H22F6N2O. The van der Waals surface area contributed by atoms with Gasteiger partial charge in [-0.25, -0.2) is 0 Å². The molecule has 0 aromatic heterocycles. The molecule has 1 aromatic carbocycles. The van der Waals surface area contributed by atoms with Gasteiger partial charge in [-0.05, 0) is 58.7 Å². The van der Waals surface area contributed by atoms with E-state index in [-0.39, 0.29) is 23.2 Å². The summed E-state index contributed by atoms with van der Waals surface area (Å²) in [7, 11) is 0. The highest BCUT2D eigenvalue weighted by Gasteiger charge is 2.40. The smallest absolute Gasteiger partial charge is 0.349 e. The van der Waals surface area contributed by atoms with E-state index >= 15 is 0 Å². The molecule has 1 fully saturated rings. The summed E-state index contributed by atoms with van der Waals surface area (Å²) in [5.41, 5.74) is -4.36. The third-order valence-electron chi connectivity index (χ3n) is 4.38. The number of hydrogen-bond acceptors (Lipinski definition) is 2. The van der Waals surface area contributed by atoms with Crippen LogP contribution in [0.25, 0.3) is 0 Å². The van der Waals surface area contributed by atoms with E-state index in [0.29, 0.717) is 25.0 Å². The van der Waals surface area contributed by atoms with Gasteiger partial charge >= 0.3 is 12.4 Å². The lowest BCUT2D eigenvalue weighted by Gasteiger charge is -2.46. The van der Waals surface area contributed by atoms with Gasteiger partial charge in [-0.1, -0.05) is 0 Å². The van der Waals surface area contributed by atoms with Crippen molar-refractivity contribution in [3.05, 3.63) is 34.9 Å². The van der Waals surface area contributed by atoms with Crippen LogP contribution < -0.4 is 10.6 Å². The van der Waals surface area contributed by atoms with Crippen LogP contribution in [0.1, 0.15) is 62.0 Å². The molecule has 1 saturated heterocycles. The van der Waals surface area contributed by atoms with Crippen molar-refractivity contribution in [1.82, 2.24) is 10.6 Å². The fourth-order valence-electron chi connectivity index (χ4n) is 3.78. The Morgan fingerprint density at radius 2 is 1.33 bits per heavy atom. The highest BCUT2D eigenvalue weighted by Crippen LogP contribution is 2.36. The number of benzene rings is 1. The lowest BCUT2D eigenvalue weighted by atomic mass is 9.79. The summed E-state index contributed by atoms with van der Waals surface area (Å²) in [5, 5.41) is 5.97. The van der Waals surface area contributed by atoms with Gasteiger partial charge in [0.25, 0.3) is 5.91 Å². The molecule has 0 bridgehead atoms. The summed E-state index contributed by atoms with van der Waals surface area (Å²) in [6.07, 6.45) is -9.00. The molecule has 1 heterocycles. The van der Waals surface area contributed by atoms with Gasteiger partial charge in [-0.3, -0.25) is 4.79 Å². The topological polar surface area (TPSA) is 41.1 Å². The Bertz CT molecular complexity index is 673. The van der Waals surface area contributed by atoms with Gasteiger partial charge < -0.3 is 10.6 Å². The van der Waals surface area contributed by atoms with Crippen molar-refractivity contribution in [2.24, 2.45) is 0 Å². The van der Waals surface area contributed by atoms with Gasteiger partial charge in [0.05, 0.1) is 11.1 Å². The molecular weight excluding hydrogens is 374 g/mol. The number of piperidine rings is 1. The highest BCUT2D eigenvalue weighted by atomic mass is 19.4. The second kappa shape index (κ2) is 6.68. The maximum Gasteiger partial charge on any atom is 0.416 e. The monoisotopic (exact) mass is 396 g/mol. The molecule has 27 heavy (non-hydrogen) atoms. The molecule has 2 rings (SSSR count). The molecule has 3 nitrogen and oxygen atoms in total. The summed E-state index contributed by atoms with van der Waals surface area (Å²) < 4.78 is 77.7. The lowest BCUT2D eigenvalue weighted by molar-refractivity contribution is -0.143. The summed E-state index contributed by atoms with van der Waals surface area (Å²) in [5.74, 6) is -0.954. The SMILES string of the molecule is CC1(C)CC(NC(=O)c2cc(C(F)(F)F)cc(C(F)(F)F)c2)CC(C)(C)N1. The molecule has 152 valence electrons. The van der Waals surface area contributed by atoms with E-state index in [4.69, 9.17) is 0 Å². The van der Waals surface area contributed by atoms with E-state index in [1.54, 1.807) is 0 Å². The number of alkyl halides is 6. The first-order valence-corrected chi connectivity index (χ1v) is 8.38. The van der Waals surface area contributed by atoms with Crippen molar-refractivity contribution in [3.8, 4) is 0 Å². The normalized spacial score (nSPS) is 20.4. The maximum absolute atomic E-state index is 13.0. The van der Waals surface area contributed by atoms with Crippen molar-refractivity contribution in [2.75, 3.05) is 0 Å². The van der Waals surface area contributed by atoms with Crippen LogP contribution >= 0.6 is 0 Å². The molecule has 2 N–H and O–H groups in total. The average molecular weight is 396 g/mol. The minimum atomic E-state index is -4.99. The van der Waals surface area contributed by atoms with Gasteiger partial charge in [-0.15, -0.1) is 0 Å². The summed E-state index contributed by atoms with van der Waals surface area (Å²) in [6, 6.07) is 0.518. The van der Waals surface area contributed by atoms with Crippen LogP contribution in [0.2, 0.25) is 0 Å². The molecule has 1 aliphatic rings. The van der Waals surface area contributed by atoms with Crippen molar-refractivity contribution in [1.29, 1.82) is 0 Å². The van der Waals surface area contributed by atoms with Crippen LogP contribution in [0, 0.1) is 0 Å². The van der Waals surface area contributed by atoms with E-state index in [2.05, 4.69) is 10.6 Å². The Morgan fingerprint density at radius 3 is 1.70 bits per heavy atom. The largest absolute Gasteiger partial charge is 0.416 e. The number of hydrogen-bond donors (Lipinski definition) is 2. The predicted octanol–water partition coefficient (Wildman–Crippen LogP) is 4.76. The van der Waals surface area contributed by atoms with Gasteiger partial charge in [0, 0.05) is 22.7 Å². The Labute approximate surface area is 153 Å². The van der Waals surface area contributed by atoms with Crippen LogP contribution in [-0.2, 0) is 12.4 Å². The molecule has 1 aliphatic heterocycles. The van der Waals surface area contributed by atoms with Gasteiger partial charge in [0.15, 0.2) is 0 Å². The number of rotatable bonds is 2. The van der Waals surface area contributed by atoms with Crippen LogP contribution in [-0.4, -0.2) is 23.0 Å². The first kappa shape index (κ1) is 21.5. The summed E-state index contributed by atoms with van der Waals surface area (Å²) in [6.45, 7) is 7.66. The van der Waals surface area contributed by atoms with Gasteiger partial charge in [0.1, 0.15) is 0 Å². The van der Waals surface area contributed by atoms with Crippen molar-refractivity contribution in [2.45, 2.75) is 70.0 Å². The number of carbonyl (C=O) groups is 1. The zero-order valence-electron chi connectivity index (χ0n) is 15.4. The molecule has 0 atom stereocenters. The van der Waals surface area contributed by atoms with Crippen LogP contribution in [0.5, 0.6) is 0 Å².